The van der Waals surface area contributed by atoms with Gasteiger partial charge in [0.15, 0.2) is 0 Å². The van der Waals surface area contributed by atoms with E-state index in [-0.39, 0.29) is 5.54 Å². The standard InChI is InChI=1S/C20H34N2/c1-16(2)14-20(21,15-17(3)4)18-10-6-7-11-19(18)22-12-8-5-9-13-22/h6-7,10-11,16-17H,5,8-9,12-15,21H2,1-4H3. The van der Waals surface area contributed by atoms with Crippen LogP contribution in [-0.4, -0.2) is 13.1 Å². The van der Waals surface area contributed by atoms with Gasteiger partial charge in [0.2, 0.25) is 0 Å². The molecule has 22 heavy (non-hydrogen) atoms. The fraction of sp³-hybridized carbons (Fsp3) is 0.700. The largest absolute Gasteiger partial charge is 0.371 e. The monoisotopic (exact) mass is 302 g/mol. The van der Waals surface area contributed by atoms with E-state index >= 15 is 0 Å². The quantitative estimate of drug-likeness (QED) is 0.808. The predicted octanol–water partition coefficient (Wildman–Crippen LogP) is 4.92. The number of piperidine rings is 1. The Balaban J connectivity index is 2.37. The number of rotatable bonds is 6. The molecule has 0 bridgehead atoms. The molecule has 1 aromatic rings. The van der Waals surface area contributed by atoms with Crippen molar-refractivity contribution >= 4 is 5.69 Å². The molecule has 0 spiro atoms. The molecule has 0 saturated carbocycles. The SMILES string of the molecule is CC(C)CC(N)(CC(C)C)c1ccccc1N1CCCCC1. The van der Waals surface area contributed by atoms with Gasteiger partial charge in [0, 0.05) is 24.3 Å². The Bertz CT molecular complexity index is 449. The summed E-state index contributed by atoms with van der Waals surface area (Å²) in [4.78, 5) is 2.56. The third-order valence-corrected chi connectivity index (χ3v) is 4.68. The third kappa shape index (κ3) is 4.25. The molecular weight excluding hydrogens is 268 g/mol. The molecule has 0 amide bonds. The molecule has 1 aliphatic heterocycles. The van der Waals surface area contributed by atoms with E-state index in [0.29, 0.717) is 11.8 Å². The van der Waals surface area contributed by atoms with Gasteiger partial charge in [0.1, 0.15) is 0 Å². The van der Waals surface area contributed by atoms with Crippen LogP contribution in [0.5, 0.6) is 0 Å². The van der Waals surface area contributed by atoms with E-state index in [9.17, 15) is 0 Å². The van der Waals surface area contributed by atoms with Gasteiger partial charge < -0.3 is 10.6 Å². The first-order valence-corrected chi connectivity index (χ1v) is 9.06. The zero-order valence-electron chi connectivity index (χ0n) is 14.9. The van der Waals surface area contributed by atoms with Crippen molar-refractivity contribution in [2.45, 2.75) is 65.3 Å². The van der Waals surface area contributed by atoms with Crippen molar-refractivity contribution < 1.29 is 0 Å². The van der Waals surface area contributed by atoms with Crippen LogP contribution in [0.4, 0.5) is 5.69 Å². The molecule has 0 aliphatic carbocycles. The van der Waals surface area contributed by atoms with Gasteiger partial charge in [-0.2, -0.15) is 0 Å². The highest BCUT2D eigenvalue weighted by Gasteiger charge is 2.32. The number of benzene rings is 1. The van der Waals surface area contributed by atoms with Gasteiger partial charge in [-0.3, -0.25) is 0 Å². The van der Waals surface area contributed by atoms with Crippen LogP contribution in [0.15, 0.2) is 24.3 Å². The molecule has 0 atom stereocenters. The lowest BCUT2D eigenvalue weighted by Crippen LogP contribution is -2.42. The van der Waals surface area contributed by atoms with E-state index in [1.807, 2.05) is 0 Å². The summed E-state index contributed by atoms with van der Waals surface area (Å²) in [5, 5.41) is 0. The van der Waals surface area contributed by atoms with E-state index in [4.69, 9.17) is 5.73 Å². The van der Waals surface area contributed by atoms with Crippen LogP contribution in [0.3, 0.4) is 0 Å². The molecular formula is C20H34N2. The van der Waals surface area contributed by atoms with Crippen LogP contribution in [-0.2, 0) is 5.54 Å². The van der Waals surface area contributed by atoms with Crippen molar-refractivity contribution in [2.75, 3.05) is 18.0 Å². The molecule has 0 radical (unpaired) electrons. The Morgan fingerprint density at radius 3 is 2.05 bits per heavy atom. The van der Waals surface area contributed by atoms with Gasteiger partial charge in [-0.25, -0.2) is 0 Å². The second-order valence-corrected chi connectivity index (χ2v) is 7.92. The molecule has 2 rings (SSSR count). The summed E-state index contributed by atoms with van der Waals surface area (Å²) in [6.45, 7) is 11.5. The Kier molecular flexibility index (Phi) is 5.91. The van der Waals surface area contributed by atoms with E-state index in [1.54, 1.807) is 0 Å². The molecule has 2 heteroatoms. The zero-order valence-corrected chi connectivity index (χ0v) is 14.9. The van der Waals surface area contributed by atoms with Gasteiger partial charge in [-0.05, 0) is 55.6 Å². The summed E-state index contributed by atoms with van der Waals surface area (Å²) in [5.74, 6) is 1.22. The normalized spacial score (nSPS) is 16.6. The minimum Gasteiger partial charge on any atom is -0.371 e. The summed E-state index contributed by atoms with van der Waals surface area (Å²) >= 11 is 0. The van der Waals surface area contributed by atoms with Gasteiger partial charge in [0.05, 0.1) is 0 Å². The topological polar surface area (TPSA) is 29.3 Å². The fourth-order valence-electron chi connectivity index (χ4n) is 4.07. The maximum Gasteiger partial charge on any atom is 0.0435 e. The number of nitrogens with zero attached hydrogens (tertiary/aromatic N) is 1. The lowest BCUT2D eigenvalue weighted by atomic mass is 9.76. The molecule has 1 heterocycles. The van der Waals surface area contributed by atoms with Crippen LogP contribution in [0, 0.1) is 11.8 Å². The van der Waals surface area contributed by atoms with Gasteiger partial charge >= 0.3 is 0 Å². The predicted molar refractivity (Wildman–Crippen MR) is 97.3 cm³/mol. The Morgan fingerprint density at radius 2 is 1.50 bits per heavy atom. The summed E-state index contributed by atoms with van der Waals surface area (Å²) in [7, 11) is 0. The van der Waals surface area contributed by atoms with E-state index in [2.05, 4.69) is 56.9 Å². The smallest absolute Gasteiger partial charge is 0.0435 e. The average Bonchev–Trinajstić information content (AvgIpc) is 2.46. The van der Waals surface area contributed by atoms with Crippen molar-refractivity contribution in [2.24, 2.45) is 17.6 Å². The molecule has 0 aromatic heterocycles. The molecule has 1 aromatic carbocycles. The van der Waals surface area contributed by atoms with Crippen molar-refractivity contribution in [3.8, 4) is 0 Å². The fourth-order valence-corrected chi connectivity index (χ4v) is 4.07. The van der Waals surface area contributed by atoms with Gasteiger partial charge in [-0.1, -0.05) is 45.9 Å². The maximum atomic E-state index is 7.00. The molecule has 0 unspecified atom stereocenters. The maximum absolute atomic E-state index is 7.00. The minimum atomic E-state index is -0.212. The van der Waals surface area contributed by atoms with Crippen LogP contribution < -0.4 is 10.6 Å². The molecule has 2 N–H and O–H groups in total. The van der Waals surface area contributed by atoms with Crippen LogP contribution in [0.1, 0.15) is 65.4 Å². The third-order valence-electron chi connectivity index (χ3n) is 4.68. The Labute approximate surface area is 137 Å². The van der Waals surface area contributed by atoms with Crippen molar-refractivity contribution in [3.63, 3.8) is 0 Å². The Hall–Kier alpha value is -1.02. The number of anilines is 1. The van der Waals surface area contributed by atoms with E-state index in [0.717, 1.165) is 12.8 Å². The van der Waals surface area contributed by atoms with Crippen molar-refractivity contribution in [1.29, 1.82) is 0 Å². The summed E-state index contributed by atoms with van der Waals surface area (Å²) in [5.41, 5.74) is 9.53. The number of hydrogen-bond donors (Lipinski definition) is 1. The number of hydrogen-bond acceptors (Lipinski definition) is 2. The highest BCUT2D eigenvalue weighted by molar-refractivity contribution is 5.57. The van der Waals surface area contributed by atoms with Crippen LogP contribution >= 0.6 is 0 Å². The summed E-state index contributed by atoms with van der Waals surface area (Å²) in [6, 6.07) is 8.88. The second kappa shape index (κ2) is 7.50. The molecule has 2 nitrogen and oxygen atoms in total. The first kappa shape index (κ1) is 17.3. The highest BCUT2D eigenvalue weighted by Crippen LogP contribution is 2.38. The zero-order chi connectivity index (χ0) is 16.2. The van der Waals surface area contributed by atoms with Crippen LogP contribution in [0.25, 0.3) is 0 Å². The lowest BCUT2D eigenvalue weighted by Gasteiger charge is -2.39. The molecule has 1 aliphatic rings. The molecule has 124 valence electrons. The Morgan fingerprint density at radius 1 is 0.955 bits per heavy atom. The van der Waals surface area contributed by atoms with Crippen molar-refractivity contribution in [3.05, 3.63) is 29.8 Å². The van der Waals surface area contributed by atoms with Crippen LogP contribution in [0.2, 0.25) is 0 Å². The number of nitrogens with two attached hydrogens (primary N) is 1. The minimum absolute atomic E-state index is 0.212. The average molecular weight is 303 g/mol. The molecule has 1 saturated heterocycles. The van der Waals surface area contributed by atoms with Gasteiger partial charge in [-0.15, -0.1) is 0 Å². The van der Waals surface area contributed by atoms with Gasteiger partial charge in [0.25, 0.3) is 0 Å². The molecule has 1 fully saturated rings. The summed E-state index contributed by atoms with van der Waals surface area (Å²) in [6.07, 6.45) is 6.08. The first-order chi connectivity index (χ1) is 10.4. The van der Waals surface area contributed by atoms with E-state index in [1.165, 1.54) is 43.6 Å². The summed E-state index contributed by atoms with van der Waals surface area (Å²) < 4.78 is 0. The highest BCUT2D eigenvalue weighted by atomic mass is 15.1. The number of para-hydroxylation sites is 1. The van der Waals surface area contributed by atoms with Crippen molar-refractivity contribution in [1.82, 2.24) is 0 Å². The first-order valence-electron chi connectivity index (χ1n) is 9.06. The lowest BCUT2D eigenvalue weighted by molar-refractivity contribution is 0.289. The van der Waals surface area contributed by atoms with E-state index < -0.39 is 0 Å². The second-order valence-electron chi connectivity index (χ2n) is 7.92.